The van der Waals surface area contributed by atoms with Gasteiger partial charge in [-0.05, 0) is 19.8 Å². The number of hydrogen-bond donors (Lipinski definition) is 0. The standard InChI is InChI=1S/C21H35FN4O/c1-5-8-10-11-13-15-21(4,14-12-9-6-2)19-24-18-16-17(22)23-20(27-7-3)26(18)25-19/h16H,5-15H2,1-4H3. The maximum Gasteiger partial charge on any atom is 0.322 e. The molecule has 0 aliphatic rings. The lowest BCUT2D eigenvalue weighted by molar-refractivity contribution is 0.294. The minimum Gasteiger partial charge on any atom is -0.464 e. The molecule has 0 saturated carbocycles. The largest absolute Gasteiger partial charge is 0.464 e. The van der Waals surface area contributed by atoms with Gasteiger partial charge in [-0.3, -0.25) is 0 Å². The summed E-state index contributed by atoms with van der Waals surface area (Å²) in [7, 11) is 0. The van der Waals surface area contributed by atoms with Gasteiger partial charge in [0.2, 0.25) is 5.95 Å². The Morgan fingerprint density at radius 1 is 0.963 bits per heavy atom. The lowest BCUT2D eigenvalue weighted by Gasteiger charge is -2.26. The van der Waals surface area contributed by atoms with Crippen LogP contribution in [0.5, 0.6) is 6.01 Å². The molecular weight excluding hydrogens is 343 g/mol. The third-order valence-corrected chi connectivity index (χ3v) is 5.24. The average Bonchev–Trinajstić information content (AvgIpc) is 3.07. The fraction of sp³-hybridized carbons (Fsp3) is 0.762. The predicted octanol–water partition coefficient (Wildman–Crippen LogP) is 5.86. The molecule has 27 heavy (non-hydrogen) atoms. The lowest BCUT2D eigenvalue weighted by atomic mass is 9.79. The Labute approximate surface area is 162 Å². The first kappa shape index (κ1) is 21.6. The van der Waals surface area contributed by atoms with Crippen molar-refractivity contribution in [3.63, 3.8) is 0 Å². The summed E-state index contributed by atoms with van der Waals surface area (Å²) in [6.07, 6.45) is 11.9. The van der Waals surface area contributed by atoms with E-state index in [1.165, 1.54) is 55.5 Å². The number of halogens is 1. The molecule has 5 nitrogen and oxygen atoms in total. The molecule has 0 N–H and O–H groups in total. The van der Waals surface area contributed by atoms with Crippen LogP contribution in [-0.4, -0.2) is 26.2 Å². The van der Waals surface area contributed by atoms with Crippen LogP contribution < -0.4 is 4.74 Å². The predicted molar refractivity (Wildman–Crippen MR) is 107 cm³/mol. The highest BCUT2D eigenvalue weighted by Gasteiger charge is 2.31. The first-order valence-electron chi connectivity index (χ1n) is 10.6. The van der Waals surface area contributed by atoms with Gasteiger partial charge in [0.05, 0.1) is 6.61 Å². The fourth-order valence-electron chi connectivity index (χ4n) is 3.55. The molecule has 0 radical (unpaired) electrons. The summed E-state index contributed by atoms with van der Waals surface area (Å²) in [5.74, 6) is 0.194. The monoisotopic (exact) mass is 378 g/mol. The number of fused-ring (bicyclic) bond motifs is 1. The van der Waals surface area contributed by atoms with Crippen LogP contribution in [0, 0.1) is 5.95 Å². The van der Waals surface area contributed by atoms with Crippen molar-refractivity contribution in [1.29, 1.82) is 0 Å². The quantitative estimate of drug-likeness (QED) is 0.323. The van der Waals surface area contributed by atoms with E-state index in [4.69, 9.17) is 4.74 Å². The van der Waals surface area contributed by atoms with Crippen LogP contribution >= 0.6 is 0 Å². The van der Waals surface area contributed by atoms with Crippen LogP contribution in [0.3, 0.4) is 0 Å². The van der Waals surface area contributed by atoms with Crippen LogP contribution in [0.25, 0.3) is 5.65 Å². The van der Waals surface area contributed by atoms with Crippen LogP contribution in [0.2, 0.25) is 0 Å². The van der Waals surface area contributed by atoms with Crippen molar-refractivity contribution in [3.8, 4) is 6.01 Å². The number of ether oxygens (including phenoxy) is 1. The normalized spacial score (nSPS) is 13.8. The van der Waals surface area contributed by atoms with E-state index in [0.717, 1.165) is 25.1 Å². The van der Waals surface area contributed by atoms with Crippen molar-refractivity contribution < 1.29 is 9.13 Å². The zero-order chi connectivity index (χ0) is 19.7. The molecule has 1 unspecified atom stereocenters. The SMILES string of the molecule is CCCCCCCC(C)(CCCCC)c1nc2cc(F)nc(OCC)n2n1. The molecule has 2 aromatic rings. The van der Waals surface area contributed by atoms with Gasteiger partial charge in [0.1, 0.15) is 0 Å². The Bertz CT molecular complexity index is 703. The molecule has 0 aliphatic heterocycles. The van der Waals surface area contributed by atoms with Crippen molar-refractivity contribution in [2.24, 2.45) is 0 Å². The highest BCUT2D eigenvalue weighted by Crippen LogP contribution is 2.34. The van der Waals surface area contributed by atoms with Gasteiger partial charge in [0.15, 0.2) is 11.5 Å². The van der Waals surface area contributed by atoms with Gasteiger partial charge < -0.3 is 4.74 Å². The Morgan fingerprint density at radius 2 is 1.59 bits per heavy atom. The minimum absolute atomic E-state index is 0.104. The molecule has 152 valence electrons. The number of hydrogen-bond acceptors (Lipinski definition) is 4. The third-order valence-electron chi connectivity index (χ3n) is 5.24. The van der Waals surface area contributed by atoms with Crippen molar-refractivity contribution in [3.05, 3.63) is 17.8 Å². The van der Waals surface area contributed by atoms with Crippen LogP contribution in [0.1, 0.15) is 97.7 Å². The van der Waals surface area contributed by atoms with Crippen molar-refractivity contribution in [1.82, 2.24) is 19.6 Å². The second-order valence-electron chi connectivity index (χ2n) is 7.68. The Balaban J connectivity index is 2.26. The molecule has 0 fully saturated rings. The molecule has 2 heterocycles. The summed E-state index contributed by atoms with van der Waals surface area (Å²) in [5, 5.41) is 4.69. The molecular formula is C21H35FN4O. The number of nitrogens with zero attached hydrogens (tertiary/aromatic N) is 4. The highest BCUT2D eigenvalue weighted by molar-refractivity contribution is 5.39. The maximum absolute atomic E-state index is 13.8. The zero-order valence-corrected chi connectivity index (χ0v) is 17.4. The van der Waals surface area contributed by atoms with E-state index in [9.17, 15) is 4.39 Å². The van der Waals surface area contributed by atoms with Crippen molar-refractivity contribution >= 4 is 5.65 Å². The molecule has 0 aromatic carbocycles. The van der Waals surface area contributed by atoms with Gasteiger partial charge >= 0.3 is 6.01 Å². The smallest absolute Gasteiger partial charge is 0.322 e. The van der Waals surface area contributed by atoms with Crippen molar-refractivity contribution in [2.45, 2.75) is 97.3 Å². The first-order valence-corrected chi connectivity index (χ1v) is 10.6. The summed E-state index contributed by atoms with van der Waals surface area (Å²) >= 11 is 0. The Hall–Kier alpha value is -1.72. The van der Waals surface area contributed by atoms with Crippen LogP contribution in [-0.2, 0) is 5.41 Å². The zero-order valence-electron chi connectivity index (χ0n) is 17.4. The van der Waals surface area contributed by atoms with Gasteiger partial charge in [-0.25, -0.2) is 4.98 Å². The summed E-state index contributed by atoms with van der Waals surface area (Å²) < 4.78 is 20.8. The van der Waals surface area contributed by atoms with Gasteiger partial charge in [-0.15, -0.1) is 5.10 Å². The third kappa shape index (κ3) is 5.88. The average molecular weight is 379 g/mol. The topological polar surface area (TPSA) is 52.3 Å². The summed E-state index contributed by atoms with van der Waals surface area (Å²) in [6.45, 7) is 8.96. The van der Waals surface area contributed by atoms with E-state index in [2.05, 4.69) is 35.8 Å². The van der Waals surface area contributed by atoms with E-state index in [0.29, 0.717) is 12.3 Å². The molecule has 1 atom stereocenters. The number of rotatable bonds is 13. The van der Waals surface area contributed by atoms with Crippen LogP contribution in [0.15, 0.2) is 6.07 Å². The molecule has 2 rings (SSSR count). The minimum atomic E-state index is -0.586. The molecule has 0 saturated heterocycles. The summed E-state index contributed by atoms with van der Waals surface area (Å²) in [4.78, 5) is 8.50. The van der Waals surface area contributed by atoms with Gasteiger partial charge in [-0.2, -0.15) is 13.9 Å². The second kappa shape index (κ2) is 10.6. The summed E-state index contributed by atoms with van der Waals surface area (Å²) in [5.41, 5.74) is 0.363. The number of unbranched alkanes of at least 4 members (excludes halogenated alkanes) is 6. The molecule has 2 aromatic heterocycles. The molecule has 0 amide bonds. The van der Waals surface area contributed by atoms with Gasteiger partial charge in [0, 0.05) is 11.5 Å². The Kier molecular flexibility index (Phi) is 8.45. The molecule has 0 aliphatic carbocycles. The molecule has 0 spiro atoms. The molecule has 0 bridgehead atoms. The van der Waals surface area contributed by atoms with Crippen molar-refractivity contribution in [2.75, 3.05) is 6.61 Å². The van der Waals surface area contributed by atoms with Gasteiger partial charge in [-0.1, -0.05) is 72.1 Å². The van der Waals surface area contributed by atoms with E-state index in [-0.39, 0.29) is 11.4 Å². The lowest BCUT2D eigenvalue weighted by Crippen LogP contribution is -2.24. The van der Waals surface area contributed by atoms with E-state index < -0.39 is 5.95 Å². The molecule has 6 heteroatoms. The van der Waals surface area contributed by atoms with Gasteiger partial charge in [0.25, 0.3) is 0 Å². The Morgan fingerprint density at radius 3 is 2.26 bits per heavy atom. The van der Waals surface area contributed by atoms with E-state index >= 15 is 0 Å². The maximum atomic E-state index is 13.8. The van der Waals surface area contributed by atoms with E-state index in [1.807, 2.05) is 6.92 Å². The number of aromatic nitrogens is 4. The van der Waals surface area contributed by atoms with E-state index in [1.54, 1.807) is 0 Å². The van der Waals surface area contributed by atoms with Crippen LogP contribution in [0.4, 0.5) is 4.39 Å². The first-order chi connectivity index (χ1) is 13.0. The highest BCUT2D eigenvalue weighted by atomic mass is 19.1. The summed E-state index contributed by atoms with van der Waals surface area (Å²) in [6, 6.07) is 1.50. The second-order valence-corrected chi connectivity index (χ2v) is 7.68. The fourth-order valence-corrected chi connectivity index (χ4v) is 3.55.